The highest BCUT2D eigenvalue weighted by atomic mass is 32.2. The van der Waals surface area contributed by atoms with E-state index in [0.717, 1.165) is 53.4 Å². The van der Waals surface area contributed by atoms with Gasteiger partial charge in [0.1, 0.15) is 12.6 Å². The third kappa shape index (κ3) is 5.83. The molecule has 2 aliphatic heterocycles. The van der Waals surface area contributed by atoms with Crippen molar-refractivity contribution in [2.24, 2.45) is 0 Å². The first-order valence-electron chi connectivity index (χ1n) is 14.8. The number of sulfonamides is 1. The Balaban J connectivity index is 1.28. The monoisotopic (exact) mass is 599 g/mol. The van der Waals surface area contributed by atoms with Crippen LogP contribution in [-0.4, -0.2) is 52.9 Å². The van der Waals surface area contributed by atoms with Crippen LogP contribution < -0.4 is 20.1 Å². The number of carbonyl (C=O) groups excluding carboxylic acids is 1. The molecule has 6 rings (SSSR count). The van der Waals surface area contributed by atoms with Gasteiger partial charge in [-0.25, -0.2) is 0 Å². The Hall–Kier alpha value is -3.60. The average Bonchev–Trinajstić information content (AvgIpc) is 3.29. The molecule has 0 bridgehead atoms. The summed E-state index contributed by atoms with van der Waals surface area (Å²) in [6, 6.07) is 30.9. The smallest absolute Gasteiger partial charge is 0.321 e. The number of rotatable bonds is 10. The van der Waals surface area contributed by atoms with E-state index in [4.69, 9.17) is 4.74 Å². The fraction of sp³-hybridized carbons (Fsp3) is 0.324. The van der Waals surface area contributed by atoms with Crippen LogP contribution in [0, 0.1) is 0 Å². The molecule has 2 atom stereocenters. The lowest BCUT2D eigenvalue weighted by atomic mass is 9.75. The van der Waals surface area contributed by atoms with E-state index in [1.807, 2.05) is 78.9 Å². The Bertz CT molecular complexity index is 1700. The highest BCUT2D eigenvalue weighted by Crippen LogP contribution is 2.50. The van der Waals surface area contributed by atoms with Crippen molar-refractivity contribution in [3.8, 4) is 0 Å². The first-order chi connectivity index (χ1) is 20.8. The Kier molecular flexibility index (Phi) is 8.35. The summed E-state index contributed by atoms with van der Waals surface area (Å²) < 4.78 is 33.0. The second-order valence-electron chi connectivity index (χ2n) is 11.7. The molecule has 4 aromatic rings. The first kappa shape index (κ1) is 29.5. The molecule has 1 spiro atoms. The largest absolute Gasteiger partial charge is 0.375 e. The summed E-state index contributed by atoms with van der Waals surface area (Å²) in [7, 11) is -3.82. The number of ether oxygens (including phenoxy) is 1. The molecule has 0 saturated carbocycles. The van der Waals surface area contributed by atoms with Crippen molar-refractivity contribution in [3.63, 3.8) is 0 Å². The number of hydrogen-bond acceptors (Lipinski definition) is 6. The van der Waals surface area contributed by atoms with Gasteiger partial charge in [0.25, 0.3) is 5.91 Å². The van der Waals surface area contributed by atoms with Gasteiger partial charge in [0.2, 0.25) is 0 Å². The van der Waals surface area contributed by atoms with Crippen LogP contribution in [0.5, 0.6) is 0 Å². The normalized spacial score (nSPS) is 20.1. The van der Waals surface area contributed by atoms with Gasteiger partial charge in [0, 0.05) is 18.2 Å². The summed E-state index contributed by atoms with van der Waals surface area (Å²) in [4.78, 5) is 14.2. The van der Waals surface area contributed by atoms with E-state index in [0.29, 0.717) is 18.8 Å². The number of quaternary nitrogens is 1. The fourth-order valence-electron chi connectivity index (χ4n) is 6.67. The lowest BCUT2D eigenvalue weighted by Crippen LogP contribution is -2.68. The molecule has 3 N–H and O–H groups in total. The van der Waals surface area contributed by atoms with E-state index in [1.54, 1.807) is 0 Å². The van der Waals surface area contributed by atoms with Gasteiger partial charge in [-0.15, -0.1) is 0 Å². The molecule has 2 aliphatic rings. The maximum Gasteiger partial charge on any atom is 0.321 e. The van der Waals surface area contributed by atoms with Crippen molar-refractivity contribution < 1.29 is 17.9 Å². The van der Waals surface area contributed by atoms with Crippen LogP contribution in [0.15, 0.2) is 97.1 Å². The van der Waals surface area contributed by atoms with Crippen LogP contribution >= 0.6 is 0 Å². The van der Waals surface area contributed by atoms with E-state index in [2.05, 4.69) is 34.3 Å². The molecule has 4 aromatic carbocycles. The molecule has 0 aromatic heterocycles. The van der Waals surface area contributed by atoms with Crippen LogP contribution in [-0.2, 0) is 38.1 Å². The molecule has 1 fully saturated rings. The number of hydrogen-bond donors (Lipinski definition) is 3. The van der Waals surface area contributed by atoms with E-state index < -0.39 is 26.0 Å². The zero-order valence-corrected chi connectivity index (χ0v) is 25.3. The molecule has 9 heteroatoms. The number of benzene rings is 4. The van der Waals surface area contributed by atoms with Crippen LogP contribution in [0.25, 0.3) is 10.8 Å². The summed E-state index contributed by atoms with van der Waals surface area (Å²) in [5, 5.41) is 8.97. The molecule has 0 radical (unpaired) electrons. The predicted octanol–water partition coefficient (Wildman–Crippen LogP) is 4.15. The van der Waals surface area contributed by atoms with Gasteiger partial charge in [-0.05, 0) is 47.8 Å². The van der Waals surface area contributed by atoms with Crippen molar-refractivity contribution >= 4 is 32.4 Å². The van der Waals surface area contributed by atoms with Gasteiger partial charge in [0.05, 0.1) is 24.9 Å². The van der Waals surface area contributed by atoms with E-state index in [-0.39, 0.29) is 18.6 Å². The molecule has 2 unspecified atom stereocenters. The molecular formula is C34H39N4O4S+. The molecule has 8 nitrogen and oxygen atoms in total. The van der Waals surface area contributed by atoms with Gasteiger partial charge >= 0.3 is 10.0 Å². The van der Waals surface area contributed by atoms with Crippen LogP contribution in [0.2, 0.25) is 0 Å². The number of nitrogens with one attached hydrogen (secondary N) is 3. The number of para-hydroxylation sites is 1. The summed E-state index contributed by atoms with van der Waals surface area (Å²) in [6.45, 7) is 2.69. The van der Waals surface area contributed by atoms with E-state index in [9.17, 15) is 13.2 Å². The van der Waals surface area contributed by atoms with Gasteiger partial charge in [-0.3, -0.25) is 10.1 Å². The Morgan fingerprint density at radius 2 is 1.63 bits per heavy atom. The third-order valence-corrected chi connectivity index (χ3v) is 10.5. The summed E-state index contributed by atoms with van der Waals surface area (Å²) in [5.74, 6) is -0.417. The summed E-state index contributed by atoms with van der Waals surface area (Å²) >= 11 is 0. The predicted molar refractivity (Wildman–Crippen MR) is 171 cm³/mol. The summed E-state index contributed by atoms with van der Waals surface area (Å²) in [5.41, 5.74) is 6.36. The van der Waals surface area contributed by atoms with Crippen LogP contribution in [0.1, 0.15) is 29.5 Å². The van der Waals surface area contributed by atoms with Gasteiger partial charge in [-0.1, -0.05) is 95.0 Å². The Labute approximate surface area is 253 Å². The second-order valence-corrected chi connectivity index (χ2v) is 13.8. The highest BCUT2D eigenvalue weighted by Gasteiger charge is 2.60. The molecule has 1 amide bonds. The number of amides is 1. The maximum absolute atomic E-state index is 14.2. The molecule has 0 aliphatic carbocycles. The number of carbonyl (C=O) groups is 1. The Morgan fingerprint density at radius 3 is 2.42 bits per heavy atom. The quantitative estimate of drug-likeness (QED) is 0.237. The molecule has 1 saturated heterocycles. The van der Waals surface area contributed by atoms with E-state index in [1.165, 1.54) is 6.26 Å². The highest BCUT2D eigenvalue weighted by molar-refractivity contribution is 7.90. The zero-order chi connectivity index (χ0) is 29.9. The molecule has 224 valence electrons. The first-order valence-corrected chi connectivity index (χ1v) is 16.7. The molecule has 2 heterocycles. The van der Waals surface area contributed by atoms with Crippen LogP contribution in [0.3, 0.4) is 0 Å². The van der Waals surface area contributed by atoms with Crippen molar-refractivity contribution in [3.05, 3.63) is 114 Å². The summed E-state index contributed by atoms with van der Waals surface area (Å²) in [6.07, 6.45) is 2.83. The number of nitrogens with zero attached hydrogens (tertiary/aromatic N) is 1. The van der Waals surface area contributed by atoms with Crippen molar-refractivity contribution in [2.45, 2.75) is 37.5 Å². The maximum atomic E-state index is 14.2. The van der Waals surface area contributed by atoms with Gasteiger partial charge in [-0.2, -0.15) is 13.8 Å². The minimum atomic E-state index is -3.82. The standard InChI is InChI=1S/C34H38N4O4S/c1-43(40,41)38(25-34(18-20-35-21-19-34)30-16-7-8-17-32(30)38)37-33(39)31(36-22-26-10-3-2-4-11-26)24-42-23-28-14-9-13-27-12-5-6-15-29(27)28/h2-17,31,35-36H,18-25H2,1H3/p+1. The second kappa shape index (κ2) is 12.2. The van der Waals surface area contributed by atoms with Gasteiger partial charge in [0.15, 0.2) is 5.69 Å². The number of piperidine rings is 1. The van der Waals surface area contributed by atoms with Gasteiger partial charge < -0.3 is 10.1 Å². The zero-order valence-electron chi connectivity index (χ0n) is 24.5. The third-order valence-electron chi connectivity index (χ3n) is 8.94. The minimum absolute atomic E-state index is 0.0718. The minimum Gasteiger partial charge on any atom is -0.375 e. The SMILES string of the molecule is CS(=O)(=O)[N+]1(NC(=O)C(COCc2cccc3ccccc23)NCc2ccccc2)CC2(CCNCC2)c2ccccc21. The number of fused-ring (bicyclic) bond motifs is 3. The van der Waals surface area contributed by atoms with Crippen molar-refractivity contribution in [2.75, 3.05) is 32.5 Å². The topological polar surface area (TPSA) is 96.5 Å². The van der Waals surface area contributed by atoms with Crippen molar-refractivity contribution in [1.82, 2.24) is 20.1 Å². The molecule has 43 heavy (non-hydrogen) atoms. The lowest BCUT2D eigenvalue weighted by Gasteiger charge is -2.36. The fourth-order valence-corrected chi connectivity index (χ4v) is 7.92. The lowest BCUT2D eigenvalue weighted by molar-refractivity contribution is -0.127. The average molecular weight is 600 g/mol. The Morgan fingerprint density at radius 1 is 0.930 bits per heavy atom. The molecular weight excluding hydrogens is 560 g/mol. The van der Waals surface area contributed by atoms with E-state index >= 15 is 0 Å². The van der Waals surface area contributed by atoms with Crippen LogP contribution in [0.4, 0.5) is 5.69 Å². The van der Waals surface area contributed by atoms with Crippen molar-refractivity contribution in [1.29, 1.82) is 0 Å².